The van der Waals surface area contributed by atoms with E-state index in [2.05, 4.69) is 25.7 Å². The second kappa shape index (κ2) is 8.08. The van der Waals surface area contributed by atoms with Crippen molar-refractivity contribution in [3.63, 3.8) is 0 Å². The molecule has 2 heterocycles. The molecule has 3 aromatic rings. The molecule has 0 spiro atoms. The Hall–Kier alpha value is -3.41. The first kappa shape index (κ1) is 18.0. The third-order valence-corrected chi connectivity index (χ3v) is 4.83. The third kappa shape index (κ3) is 4.28. The molecular formula is C22H23N5O. The van der Waals surface area contributed by atoms with Crippen LogP contribution in [0.5, 0.6) is 0 Å². The molecule has 28 heavy (non-hydrogen) atoms. The van der Waals surface area contributed by atoms with Gasteiger partial charge in [-0.3, -0.25) is 0 Å². The summed E-state index contributed by atoms with van der Waals surface area (Å²) in [5.41, 5.74) is 4.41. The molecule has 0 unspecified atom stereocenters. The maximum Gasteiger partial charge on any atom is 0.323 e. The van der Waals surface area contributed by atoms with E-state index in [4.69, 9.17) is 0 Å². The predicted molar refractivity (Wildman–Crippen MR) is 113 cm³/mol. The molecule has 1 fully saturated rings. The minimum absolute atomic E-state index is 0.272. The number of carbonyl (C=O) groups excluding carboxylic acids is 1. The first-order valence-electron chi connectivity index (χ1n) is 9.51. The van der Waals surface area contributed by atoms with E-state index in [-0.39, 0.29) is 6.03 Å². The molecule has 1 aromatic heterocycles. The summed E-state index contributed by atoms with van der Waals surface area (Å²) in [7, 11) is 0. The van der Waals surface area contributed by atoms with Crippen molar-refractivity contribution in [1.82, 2.24) is 10.2 Å². The molecule has 4 rings (SSSR count). The van der Waals surface area contributed by atoms with Gasteiger partial charge in [-0.15, -0.1) is 10.2 Å². The van der Waals surface area contributed by atoms with Gasteiger partial charge in [0.25, 0.3) is 0 Å². The van der Waals surface area contributed by atoms with E-state index >= 15 is 0 Å². The molecule has 2 N–H and O–H groups in total. The first-order chi connectivity index (χ1) is 13.7. The Balaban J connectivity index is 1.37. The van der Waals surface area contributed by atoms with E-state index in [0.717, 1.165) is 47.1 Å². The lowest BCUT2D eigenvalue weighted by atomic mass is 10.1. The molecule has 0 bridgehead atoms. The van der Waals surface area contributed by atoms with E-state index in [0.29, 0.717) is 0 Å². The summed E-state index contributed by atoms with van der Waals surface area (Å²) in [5, 5.41) is 14.4. The fourth-order valence-electron chi connectivity index (χ4n) is 3.25. The lowest BCUT2D eigenvalue weighted by Gasteiger charge is -2.15. The minimum atomic E-state index is -0.272. The number of nitrogens with zero attached hydrogens (tertiary/aromatic N) is 3. The van der Waals surface area contributed by atoms with Crippen LogP contribution in [0.2, 0.25) is 0 Å². The fourth-order valence-corrected chi connectivity index (χ4v) is 3.25. The Kier molecular flexibility index (Phi) is 5.19. The monoisotopic (exact) mass is 373 g/mol. The number of hydrogen-bond acceptors (Lipinski definition) is 4. The normalized spacial score (nSPS) is 13.4. The predicted octanol–water partition coefficient (Wildman–Crippen LogP) is 4.70. The van der Waals surface area contributed by atoms with Gasteiger partial charge in [0.2, 0.25) is 0 Å². The number of carbonyl (C=O) groups is 1. The summed E-state index contributed by atoms with van der Waals surface area (Å²) in [5.74, 6) is 0.937. The number of aryl methyl sites for hydroxylation is 1. The quantitative estimate of drug-likeness (QED) is 0.696. The molecule has 0 radical (unpaired) electrons. The third-order valence-electron chi connectivity index (χ3n) is 4.83. The van der Waals surface area contributed by atoms with Gasteiger partial charge in [0.1, 0.15) is 0 Å². The molecule has 1 aliphatic rings. The standard InChI is InChI=1S/C22H23N5O/c1-16-4-8-18(9-5-16)23-22(28)24-19-10-6-17(7-11-19)20-12-13-21(26-25-20)27-14-2-3-15-27/h4-13H,2-3,14-15H2,1H3,(H2,23,24,28). The maximum absolute atomic E-state index is 12.1. The molecule has 0 atom stereocenters. The zero-order valence-electron chi connectivity index (χ0n) is 15.9. The van der Waals surface area contributed by atoms with E-state index in [9.17, 15) is 4.79 Å². The zero-order chi connectivity index (χ0) is 19.3. The number of anilines is 3. The molecule has 6 heteroatoms. The molecule has 0 saturated carbocycles. The molecule has 6 nitrogen and oxygen atoms in total. The molecule has 1 saturated heterocycles. The van der Waals surface area contributed by atoms with Crippen LogP contribution in [-0.2, 0) is 0 Å². The number of rotatable bonds is 4. The van der Waals surface area contributed by atoms with Gasteiger partial charge >= 0.3 is 6.03 Å². The largest absolute Gasteiger partial charge is 0.355 e. The van der Waals surface area contributed by atoms with Crippen LogP contribution in [0.1, 0.15) is 18.4 Å². The van der Waals surface area contributed by atoms with E-state index in [1.165, 1.54) is 12.8 Å². The SMILES string of the molecule is Cc1ccc(NC(=O)Nc2ccc(-c3ccc(N4CCCC4)nn3)cc2)cc1. The van der Waals surface area contributed by atoms with Crippen molar-refractivity contribution < 1.29 is 4.79 Å². The van der Waals surface area contributed by atoms with Gasteiger partial charge in [-0.05, 0) is 56.2 Å². The van der Waals surface area contributed by atoms with E-state index in [1.54, 1.807) is 0 Å². The highest BCUT2D eigenvalue weighted by atomic mass is 16.2. The number of aromatic nitrogens is 2. The molecular weight excluding hydrogens is 350 g/mol. The van der Waals surface area contributed by atoms with Crippen LogP contribution < -0.4 is 15.5 Å². The highest BCUT2D eigenvalue weighted by Crippen LogP contribution is 2.22. The van der Waals surface area contributed by atoms with Crippen LogP contribution in [0, 0.1) is 6.92 Å². The average Bonchev–Trinajstić information content (AvgIpc) is 3.25. The Labute approximate surface area is 164 Å². The lowest BCUT2D eigenvalue weighted by Crippen LogP contribution is -2.19. The second-order valence-electron chi connectivity index (χ2n) is 6.99. The van der Waals surface area contributed by atoms with Crippen LogP contribution in [0.3, 0.4) is 0 Å². The minimum Gasteiger partial charge on any atom is -0.355 e. The Morgan fingerprint density at radius 1 is 0.821 bits per heavy atom. The lowest BCUT2D eigenvalue weighted by molar-refractivity contribution is 0.262. The van der Waals surface area contributed by atoms with Crippen molar-refractivity contribution >= 4 is 23.2 Å². The van der Waals surface area contributed by atoms with Gasteiger partial charge in [-0.2, -0.15) is 0 Å². The van der Waals surface area contributed by atoms with Gasteiger partial charge in [0.05, 0.1) is 5.69 Å². The van der Waals surface area contributed by atoms with Crippen molar-refractivity contribution in [3.8, 4) is 11.3 Å². The Bertz CT molecular complexity index is 930. The zero-order valence-corrected chi connectivity index (χ0v) is 15.9. The van der Waals surface area contributed by atoms with Crippen LogP contribution in [-0.4, -0.2) is 29.3 Å². The van der Waals surface area contributed by atoms with Gasteiger partial charge in [-0.1, -0.05) is 29.8 Å². The Morgan fingerprint density at radius 2 is 1.43 bits per heavy atom. The fraction of sp³-hybridized carbons (Fsp3) is 0.227. The summed E-state index contributed by atoms with van der Waals surface area (Å²) < 4.78 is 0. The van der Waals surface area contributed by atoms with Crippen molar-refractivity contribution in [3.05, 3.63) is 66.2 Å². The van der Waals surface area contributed by atoms with Crippen LogP contribution in [0.25, 0.3) is 11.3 Å². The number of hydrogen-bond donors (Lipinski definition) is 2. The number of nitrogens with one attached hydrogen (secondary N) is 2. The van der Waals surface area contributed by atoms with Crippen LogP contribution >= 0.6 is 0 Å². The smallest absolute Gasteiger partial charge is 0.323 e. The molecule has 2 aromatic carbocycles. The van der Waals surface area contributed by atoms with Crippen LogP contribution in [0.15, 0.2) is 60.7 Å². The summed E-state index contributed by atoms with van der Waals surface area (Å²) in [6.07, 6.45) is 2.44. The summed E-state index contributed by atoms with van der Waals surface area (Å²) >= 11 is 0. The van der Waals surface area contributed by atoms with Gasteiger partial charge < -0.3 is 15.5 Å². The number of urea groups is 1. The van der Waals surface area contributed by atoms with Crippen molar-refractivity contribution in [2.45, 2.75) is 19.8 Å². The average molecular weight is 373 g/mol. The number of benzene rings is 2. The van der Waals surface area contributed by atoms with Gasteiger partial charge in [0, 0.05) is 30.0 Å². The molecule has 142 valence electrons. The second-order valence-corrected chi connectivity index (χ2v) is 6.99. The molecule has 1 aliphatic heterocycles. The van der Waals surface area contributed by atoms with Crippen molar-refractivity contribution in [1.29, 1.82) is 0 Å². The van der Waals surface area contributed by atoms with Gasteiger partial charge in [-0.25, -0.2) is 4.79 Å². The topological polar surface area (TPSA) is 70.2 Å². The summed E-state index contributed by atoms with van der Waals surface area (Å²) in [6.45, 7) is 4.12. The van der Waals surface area contributed by atoms with E-state index < -0.39 is 0 Å². The van der Waals surface area contributed by atoms with Crippen molar-refractivity contribution in [2.24, 2.45) is 0 Å². The number of amides is 2. The van der Waals surface area contributed by atoms with Crippen LogP contribution in [0.4, 0.5) is 22.0 Å². The highest BCUT2D eigenvalue weighted by Gasteiger charge is 2.14. The first-order valence-corrected chi connectivity index (χ1v) is 9.51. The highest BCUT2D eigenvalue weighted by molar-refractivity contribution is 5.99. The van der Waals surface area contributed by atoms with E-state index in [1.807, 2.05) is 67.6 Å². The summed E-state index contributed by atoms with van der Waals surface area (Å²) in [4.78, 5) is 14.4. The maximum atomic E-state index is 12.1. The van der Waals surface area contributed by atoms with Gasteiger partial charge in [0.15, 0.2) is 5.82 Å². The van der Waals surface area contributed by atoms with Crippen molar-refractivity contribution in [2.75, 3.05) is 28.6 Å². The molecule has 2 amide bonds. The molecule has 0 aliphatic carbocycles. The Morgan fingerprint density at radius 3 is 2.00 bits per heavy atom. The summed E-state index contributed by atoms with van der Waals surface area (Å²) in [6, 6.07) is 19.0.